The molecule has 1 aromatic heterocycles. The van der Waals surface area contributed by atoms with E-state index in [-0.39, 0.29) is 16.5 Å². The number of hydrogen-bond donors (Lipinski definition) is 4. The van der Waals surface area contributed by atoms with Crippen LogP contribution >= 0.6 is 12.2 Å². The number of nitro groups is 1. The fourth-order valence-electron chi connectivity index (χ4n) is 0.805. The summed E-state index contributed by atoms with van der Waals surface area (Å²) in [5.74, 6) is -0.601. The van der Waals surface area contributed by atoms with Gasteiger partial charge in [0.15, 0.2) is 5.11 Å². The highest BCUT2D eigenvalue weighted by molar-refractivity contribution is 7.80. The van der Waals surface area contributed by atoms with Crippen molar-refractivity contribution in [3.63, 3.8) is 0 Å². The SMILES string of the molecule is NC(=S)NNC(=O)c1cc([N+](=O)[O-])c[nH]1. The van der Waals surface area contributed by atoms with E-state index in [1.54, 1.807) is 0 Å². The molecule has 1 rings (SSSR count). The molecule has 8 nitrogen and oxygen atoms in total. The number of hydrogen-bond acceptors (Lipinski definition) is 4. The molecule has 0 saturated carbocycles. The minimum Gasteiger partial charge on any atom is -0.375 e. The highest BCUT2D eigenvalue weighted by Gasteiger charge is 2.13. The summed E-state index contributed by atoms with van der Waals surface area (Å²) < 4.78 is 0. The van der Waals surface area contributed by atoms with Crippen LogP contribution in [0, 0.1) is 10.1 Å². The molecule has 0 unspecified atom stereocenters. The molecule has 1 amide bonds. The van der Waals surface area contributed by atoms with E-state index in [2.05, 4.69) is 28.1 Å². The van der Waals surface area contributed by atoms with Crippen molar-refractivity contribution < 1.29 is 9.72 Å². The van der Waals surface area contributed by atoms with Crippen molar-refractivity contribution in [2.24, 2.45) is 5.73 Å². The van der Waals surface area contributed by atoms with E-state index in [4.69, 9.17) is 5.73 Å². The number of nitrogens with two attached hydrogens (primary N) is 1. The second-order valence-electron chi connectivity index (χ2n) is 2.47. The molecule has 9 heteroatoms. The first-order valence-corrected chi connectivity index (χ1v) is 4.10. The summed E-state index contributed by atoms with van der Waals surface area (Å²) >= 11 is 4.44. The third kappa shape index (κ3) is 2.91. The van der Waals surface area contributed by atoms with E-state index >= 15 is 0 Å². The van der Waals surface area contributed by atoms with Crippen LogP contribution < -0.4 is 16.6 Å². The van der Waals surface area contributed by atoms with Gasteiger partial charge in [-0.1, -0.05) is 0 Å². The lowest BCUT2D eigenvalue weighted by molar-refractivity contribution is -0.384. The van der Waals surface area contributed by atoms with Crippen molar-refractivity contribution in [1.82, 2.24) is 15.8 Å². The van der Waals surface area contributed by atoms with Gasteiger partial charge in [0.2, 0.25) is 0 Å². The standard InChI is InChI=1S/C6H7N5O3S/c7-6(15)10-9-5(12)4-1-3(2-8-4)11(13)14/h1-2,8H,(H,9,12)(H3,7,10,15). The molecule has 0 saturated heterocycles. The zero-order valence-electron chi connectivity index (χ0n) is 7.31. The summed E-state index contributed by atoms with van der Waals surface area (Å²) in [5.41, 5.74) is 9.24. The molecule has 1 aromatic rings. The molecule has 5 N–H and O–H groups in total. The number of carbonyl (C=O) groups is 1. The third-order valence-electron chi connectivity index (χ3n) is 1.42. The van der Waals surface area contributed by atoms with Gasteiger partial charge in [-0.15, -0.1) is 0 Å². The molecule has 0 spiro atoms. The molecule has 0 aromatic carbocycles. The van der Waals surface area contributed by atoms with Gasteiger partial charge in [0.1, 0.15) is 5.69 Å². The van der Waals surface area contributed by atoms with Crippen LogP contribution in [0.4, 0.5) is 5.69 Å². The fraction of sp³-hybridized carbons (Fsp3) is 0. The molecule has 0 aliphatic heterocycles. The van der Waals surface area contributed by atoms with Gasteiger partial charge in [-0.3, -0.25) is 25.8 Å². The molecule has 0 aliphatic carbocycles. The van der Waals surface area contributed by atoms with E-state index in [0.717, 1.165) is 12.3 Å². The summed E-state index contributed by atoms with van der Waals surface area (Å²) in [6.07, 6.45) is 1.11. The largest absolute Gasteiger partial charge is 0.375 e. The number of H-pyrrole nitrogens is 1. The number of amides is 1. The quantitative estimate of drug-likeness (QED) is 0.305. The Bertz CT molecular complexity index is 415. The van der Waals surface area contributed by atoms with Gasteiger partial charge < -0.3 is 10.7 Å². The van der Waals surface area contributed by atoms with E-state index in [9.17, 15) is 14.9 Å². The molecule has 0 atom stereocenters. The zero-order valence-corrected chi connectivity index (χ0v) is 8.13. The number of aromatic nitrogens is 1. The number of nitrogens with one attached hydrogen (secondary N) is 3. The van der Waals surface area contributed by atoms with Gasteiger partial charge in [-0.05, 0) is 12.2 Å². The van der Waals surface area contributed by atoms with Gasteiger partial charge in [0, 0.05) is 6.07 Å². The highest BCUT2D eigenvalue weighted by Crippen LogP contribution is 2.11. The third-order valence-corrected chi connectivity index (χ3v) is 1.52. The van der Waals surface area contributed by atoms with Crippen LogP contribution in [-0.2, 0) is 0 Å². The van der Waals surface area contributed by atoms with E-state index < -0.39 is 10.8 Å². The molecular formula is C6H7N5O3S. The minimum atomic E-state index is -0.617. The molecule has 0 radical (unpaired) electrons. The Morgan fingerprint density at radius 2 is 2.27 bits per heavy atom. The van der Waals surface area contributed by atoms with Crippen molar-refractivity contribution in [2.75, 3.05) is 0 Å². The Balaban J connectivity index is 2.66. The molecule has 0 fully saturated rings. The van der Waals surface area contributed by atoms with Crippen LogP contribution in [0.5, 0.6) is 0 Å². The van der Waals surface area contributed by atoms with Crippen molar-refractivity contribution in [3.05, 3.63) is 28.1 Å². The van der Waals surface area contributed by atoms with Crippen LogP contribution in [-0.4, -0.2) is 20.9 Å². The summed E-state index contributed by atoms with van der Waals surface area (Å²) in [5, 5.41) is 10.2. The van der Waals surface area contributed by atoms with Crippen LogP contribution in [0.25, 0.3) is 0 Å². The first kappa shape index (κ1) is 10.9. The van der Waals surface area contributed by atoms with Crippen molar-refractivity contribution in [2.45, 2.75) is 0 Å². The Hall–Kier alpha value is -2.16. The molecule has 15 heavy (non-hydrogen) atoms. The van der Waals surface area contributed by atoms with Crippen molar-refractivity contribution >= 4 is 28.9 Å². The first-order chi connectivity index (χ1) is 7.00. The first-order valence-electron chi connectivity index (χ1n) is 3.69. The monoisotopic (exact) mass is 229 g/mol. The van der Waals surface area contributed by atoms with E-state index in [1.807, 2.05) is 0 Å². The number of rotatable bonds is 2. The summed E-state index contributed by atoms with van der Waals surface area (Å²) in [6.45, 7) is 0. The number of aromatic amines is 1. The topological polar surface area (TPSA) is 126 Å². The fourth-order valence-corrected chi connectivity index (χ4v) is 0.856. The number of thiocarbonyl (C=S) groups is 1. The Morgan fingerprint density at radius 3 is 2.73 bits per heavy atom. The average Bonchev–Trinajstić information content (AvgIpc) is 2.62. The van der Waals surface area contributed by atoms with Crippen LogP contribution in [0.15, 0.2) is 12.3 Å². The number of carbonyl (C=O) groups excluding carboxylic acids is 1. The lowest BCUT2D eigenvalue weighted by Gasteiger charge is -2.03. The highest BCUT2D eigenvalue weighted by atomic mass is 32.1. The Kier molecular flexibility index (Phi) is 3.18. The maximum Gasteiger partial charge on any atom is 0.287 e. The van der Waals surface area contributed by atoms with E-state index in [0.29, 0.717) is 0 Å². The lowest BCUT2D eigenvalue weighted by Crippen LogP contribution is -2.44. The van der Waals surface area contributed by atoms with Crippen molar-refractivity contribution in [1.29, 1.82) is 0 Å². The summed E-state index contributed by atoms with van der Waals surface area (Å²) in [6, 6.07) is 1.09. The van der Waals surface area contributed by atoms with Gasteiger partial charge in [-0.25, -0.2) is 0 Å². The second-order valence-corrected chi connectivity index (χ2v) is 2.91. The number of nitrogens with zero attached hydrogens (tertiary/aromatic N) is 1. The predicted octanol–water partition coefficient (Wildman–Crippen LogP) is -0.599. The van der Waals surface area contributed by atoms with Crippen molar-refractivity contribution in [3.8, 4) is 0 Å². The maximum atomic E-state index is 11.2. The lowest BCUT2D eigenvalue weighted by atomic mass is 10.4. The molecule has 80 valence electrons. The Labute approximate surface area is 89.0 Å². The second kappa shape index (κ2) is 4.37. The van der Waals surface area contributed by atoms with Crippen LogP contribution in [0.2, 0.25) is 0 Å². The van der Waals surface area contributed by atoms with Gasteiger partial charge in [0.25, 0.3) is 11.6 Å². The zero-order chi connectivity index (χ0) is 11.4. The predicted molar refractivity (Wildman–Crippen MR) is 54.8 cm³/mol. The normalized spacial score (nSPS) is 9.33. The smallest absolute Gasteiger partial charge is 0.287 e. The maximum absolute atomic E-state index is 11.2. The average molecular weight is 229 g/mol. The van der Waals surface area contributed by atoms with Gasteiger partial charge >= 0.3 is 0 Å². The van der Waals surface area contributed by atoms with Crippen LogP contribution in [0.1, 0.15) is 10.5 Å². The molecule has 0 aliphatic rings. The van der Waals surface area contributed by atoms with E-state index in [1.165, 1.54) is 0 Å². The van der Waals surface area contributed by atoms with Crippen LogP contribution in [0.3, 0.4) is 0 Å². The van der Waals surface area contributed by atoms with Gasteiger partial charge in [0.05, 0.1) is 11.1 Å². The molecular weight excluding hydrogens is 222 g/mol. The number of hydrazine groups is 1. The Morgan fingerprint density at radius 1 is 1.60 bits per heavy atom. The summed E-state index contributed by atoms with van der Waals surface area (Å²) in [7, 11) is 0. The summed E-state index contributed by atoms with van der Waals surface area (Å²) in [4.78, 5) is 23.4. The molecule has 0 bridgehead atoms. The molecule has 1 heterocycles. The minimum absolute atomic E-state index is 0.0328. The van der Waals surface area contributed by atoms with Gasteiger partial charge in [-0.2, -0.15) is 0 Å².